The first-order valence-electron chi connectivity index (χ1n) is 6.55. The van der Waals surface area contributed by atoms with Gasteiger partial charge >= 0.3 is 5.97 Å². The van der Waals surface area contributed by atoms with Crippen molar-refractivity contribution in [2.75, 3.05) is 5.32 Å². The second-order valence-corrected chi connectivity index (χ2v) is 5.60. The number of carbonyl (C=O) groups excluding carboxylic acids is 1. The van der Waals surface area contributed by atoms with E-state index in [1.807, 2.05) is 0 Å². The van der Waals surface area contributed by atoms with Crippen LogP contribution < -0.4 is 11.1 Å². The number of halogens is 1. The summed E-state index contributed by atoms with van der Waals surface area (Å²) in [5, 5.41) is 12.1. The molecule has 2 rings (SSSR count). The van der Waals surface area contributed by atoms with E-state index in [0.29, 0.717) is 17.9 Å². The zero-order valence-electron chi connectivity index (χ0n) is 11.0. The summed E-state index contributed by atoms with van der Waals surface area (Å²) in [6.45, 7) is 0. The van der Waals surface area contributed by atoms with Gasteiger partial charge in [-0.25, -0.2) is 4.79 Å². The molecular weight excluding hydrogens is 280 g/mol. The number of amides is 1. The van der Waals surface area contributed by atoms with E-state index in [0.717, 1.165) is 19.3 Å². The molecule has 0 unspecified atom stereocenters. The van der Waals surface area contributed by atoms with Crippen LogP contribution in [-0.2, 0) is 4.79 Å². The molecule has 4 N–H and O–H groups in total. The molecule has 0 radical (unpaired) electrons. The Morgan fingerprint density at radius 3 is 2.50 bits per heavy atom. The summed E-state index contributed by atoms with van der Waals surface area (Å²) in [5.41, 5.74) is 5.40. The quantitative estimate of drug-likeness (QED) is 0.799. The molecule has 5 nitrogen and oxygen atoms in total. The summed E-state index contributed by atoms with van der Waals surface area (Å²) < 4.78 is 0. The fourth-order valence-corrected chi connectivity index (χ4v) is 2.63. The van der Waals surface area contributed by atoms with Gasteiger partial charge in [0.25, 0.3) is 0 Å². The minimum Gasteiger partial charge on any atom is -0.478 e. The highest BCUT2D eigenvalue weighted by molar-refractivity contribution is 6.31. The normalized spacial score (nSPS) is 17.5. The predicted octanol–water partition coefficient (Wildman–Crippen LogP) is 2.64. The fraction of sp³-hybridized carbons (Fsp3) is 0.429. The second kappa shape index (κ2) is 5.81. The van der Waals surface area contributed by atoms with Crippen LogP contribution in [0.4, 0.5) is 5.69 Å². The topological polar surface area (TPSA) is 92.4 Å². The summed E-state index contributed by atoms with van der Waals surface area (Å²) in [6, 6.07) is 4.33. The van der Waals surface area contributed by atoms with E-state index in [4.69, 9.17) is 22.4 Å². The van der Waals surface area contributed by atoms with Crippen molar-refractivity contribution < 1.29 is 14.7 Å². The number of carboxylic acids is 1. The number of nitrogens with one attached hydrogen (secondary N) is 1. The maximum absolute atomic E-state index is 12.3. The third-order valence-electron chi connectivity index (χ3n) is 3.66. The molecule has 20 heavy (non-hydrogen) atoms. The van der Waals surface area contributed by atoms with Gasteiger partial charge in [0.05, 0.1) is 16.8 Å². The van der Waals surface area contributed by atoms with Gasteiger partial charge in [0.1, 0.15) is 0 Å². The van der Waals surface area contributed by atoms with Crippen molar-refractivity contribution in [3.05, 3.63) is 28.8 Å². The lowest BCUT2D eigenvalue weighted by Gasteiger charge is -2.31. The zero-order chi connectivity index (χ0) is 14.8. The summed E-state index contributed by atoms with van der Waals surface area (Å²) >= 11 is 5.77. The number of anilines is 1. The van der Waals surface area contributed by atoms with E-state index in [-0.39, 0.29) is 17.2 Å². The summed E-state index contributed by atoms with van der Waals surface area (Å²) in [5.74, 6) is -1.47. The highest BCUT2D eigenvalue weighted by atomic mass is 35.5. The standard InChI is InChI=1S/C14H17ClN2O3/c15-9-4-5-11(10(8-9)12(18)19)17-13(20)14(16)6-2-1-3-7-14/h4-5,8H,1-3,6-7,16H2,(H,17,20)(H,18,19). The molecule has 108 valence electrons. The van der Waals surface area contributed by atoms with E-state index < -0.39 is 11.5 Å². The maximum Gasteiger partial charge on any atom is 0.337 e. The Labute approximate surface area is 122 Å². The van der Waals surface area contributed by atoms with E-state index in [9.17, 15) is 9.59 Å². The van der Waals surface area contributed by atoms with Crippen molar-refractivity contribution >= 4 is 29.2 Å². The number of hydrogen-bond acceptors (Lipinski definition) is 3. The van der Waals surface area contributed by atoms with Gasteiger partial charge in [-0.2, -0.15) is 0 Å². The summed E-state index contributed by atoms with van der Waals surface area (Å²) in [4.78, 5) is 23.5. The van der Waals surface area contributed by atoms with Gasteiger partial charge in [-0.05, 0) is 31.0 Å². The van der Waals surface area contributed by atoms with Crippen LogP contribution in [0.1, 0.15) is 42.5 Å². The van der Waals surface area contributed by atoms with Crippen LogP contribution in [0.25, 0.3) is 0 Å². The molecule has 0 atom stereocenters. The van der Waals surface area contributed by atoms with Crippen molar-refractivity contribution in [1.82, 2.24) is 0 Å². The van der Waals surface area contributed by atoms with Gasteiger partial charge < -0.3 is 16.2 Å². The van der Waals surface area contributed by atoms with Crippen LogP contribution in [0.3, 0.4) is 0 Å². The SMILES string of the molecule is NC1(C(=O)Nc2ccc(Cl)cc2C(=O)O)CCCCC1. The molecule has 6 heteroatoms. The minimum atomic E-state index is -1.14. The molecule has 0 bridgehead atoms. The molecule has 0 heterocycles. The molecule has 0 aliphatic heterocycles. The average Bonchev–Trinajstić information content (AvgIpc) is 2.41. The molecule has 1 aromatic rings. The Morgan fingerprint density at radius 1 is 1.25 bits per heavy atom. The first-order valence-corrected chi connectivity index (χ1v) is 6.93. The van der Waals surface area contributed by atoms with Crippen molar-refractivity contribution in [3.63, 3.8) is 0 Å². The average molecular weight is 297 g/mol. The van der Waals surface area contributed by atoms with Crippen LogP contribution in [0.15, 0.2) is 18.2 Å². The lowest BCUT2D eigenvalue weighted by atomic mass is 9.82. The summed E-state index contributed by atoms with van der Waals surface area (Å²) in [6.07, 6.45) is 4.14. The van der Waals surface area contributed by atoms with E-state index in [1.54, 1.807) is 0 Å². The fourth-order valence-electron chi connectivity index (χ4n) is 2.46. The van der Waals surface area contributed by atoms with Crippen LogP contribution in [-0.4, -0.2) is 22.5 Å². The first-order chi connectivity index (χ1) is 9.42. The number of nitrogens with two attached hydrogens (primary N) is 1. The van der Waals surface area contributed by atoms with Gasteiger partial charge in [-0.1, -0.05) is 30.9 Å². The zero-order valence-corrected chi connectivity index (χ0v) is 11.7. The Hall–Kier alpha value is -1.59. The van der Waals surface area contributed by atoms with E-state index in [1.165, 1.54) is 18.2 Å². The number of carbonyl (C=O) groups is 2. The van der Waals surface area contributed by atoms with Crippen LogP contribution in [0, 0.1) is 0 Å². The maximum atomic E-state index is 12.3. The second-order valence-electron chi connectivity index (χ2n) is 5.17. The van der Waals surface area contributed by atoms with E-state index in [2.05, 4.69) is 5.32 Å². The smallest absolute Gasteiger partial charge is 0.337 e. The lowest BCUT2D eigenvalue weighted by Crippen LogP contribution is -2.52. The number of rotatable bonds is 3. The number of hydrogen-bond donors (Lipinski definition) is 3. The minimum absolute atomic E-state index is 0.0368. The number of benzene rings is 1. The van der Waals surface area contributed by atoms with Crippen LogP contribution in [0.2, 0.25) is 5.02 Å². The van der Waals surface area contributed by atoms with E-state index >= 15 is 0 Å². The molecule has 1 saturated carbocycles. The molecule has 0 spiro atoms. The largest absolute Gasteiger partial charge is 0.478 e. The Morgan fingerprint density at radius 2 is 1.90 bits per heavy atom. The highest BCUT2D eigenvalue weighted by Crippen LogP contribution is 2.28. The molecule has 1 aromatic carbocycles. The molecule has 1 aliphatic rings. The molecule has 0 aromatic heterocycles. The molecule has 1 amide bonds. The lowest BCUT2D eigenvalue weighted by molar-refractivity contribution is -0.122. The third-order valence-corrected chi connectivity index (χ3v) is 3.89. The molecule has 1 fully saturated rings. The molecule has 0 saturated heterocycles. The predicted molar refractivity (Wildman–Crippen MR) is 77.0 cm³/mol. The molecular formula is C14H17ClN2O3. The van der Waals surface area contributed by atoms with Gasteiger partial charge in [-0.3, -0.25) is 4.79 Å². The molecule has 1 aliphatic carbocycles. The Kier molecular flexibility index (Phi) is 4.30. The highest BCUT2D eigenvalue weighted by Gasteiger charge is 2.35. The van der Waals surface area contributed by atoms with Gasteiger partial charge in [0, 0.05) is 5.02 Å². The van der Waals surface area contributed by atoms with Crippen molar-refractivity contribution in [1.29, 1.82) is 0 Å². The number of aromatic carboxylic acids is 1. The van der Waals surface area contributed by atoms with Gasteiger partial charge in [-0.15, -0.1) is 0 Å². The Bertz CT molecular complexity index is 539. The van der Waals surface area contributed by atoms with Crippen molar-refractivity contribution in [2.45, 2.75) is 37.6 Å². The summed E-state index contributed by atoms with van der Waals surface area (Å²) in [7, 11) is 0. The monoisotopic (exact) mass is 296 g/mol. The van der Waals surface area contributed by atoms with Crippen molar-refractivity contribution in [2.24, 2.45) is 5.73 Å². The van der Waals surface area contributed by atoms with Crippen molar-refractivity contribution in [3.8, 4) is 0 Å². The first kappa shape index (κ1) is 14.8. The van der Waals surface area contributed by atoms with Crippen LogP contribution >= 0.6 is 11.6 Å². The Balaban J connectivity index is 2.21. The third kappa shape index (κ3) is 3.11. The number of carboxylic acid groups (broad SMARTS) is 1. The van der Waals surface area contributed by atoms with Gasteiger partial charge in [0.15, 0.2) is 0 Å². The van der Waals surface area contributed by atoms with Crippen LogP contribution in [0.5, 0.6) is 0 Å². The van der Waals surface area contributed by atoms with Gasteiger partial charge in [0.2, 0.25) is 5.91 Å².